The first kappa shape index (κ1) is 19.3. The van der Waals surface area contributed by atoms with Crippen molar-refractivity contribution in [2.75, 3.05) is 6.54 Å². The van der Waals surface area contributed by atoms with Crippen molar-refractivity contribution in [3.05, 3.63) is 45.1 Å². The van der Waals surface area contributed by atoms with E-state index in [0.717, 1.165) is 4.68 Å². The lowest BCUT2D eigenvalue weighted by molar-refractivity contribution is -0.121. The number of carbonyl (C=O) groups is 2. The van der Waals surface area contributed by atoms with Crippen molar-refractivity contribution >= 4 is 28.5 Å². The summed E-state index contributed by atoms with van der Waals surface area (Å²) in [5, 5.41) is 7.22. The first-order chi connectivity index (χ1) is 13.3. The van der Waals surface area contributed by atoms with Gasteiger partial charge in [0, 0.05) is 19.5 Å². The maximum atomic E-state index is 12.9. The van der Waals surface area contributed by atoms with Gasteiger partial charge < -0.3 is 11.1 Å². The summed E-state index contributed by atoms with van der Waals surface area (Å²) in [4.78, 5) is 49.0. The van der Waals surface area contributed by atoms with E-state index in [-0.39, 0.29) is 30.2 Å². The number of primary amides is 1. The number of fused-ring (bicyclic) bond motifs is 3. The molecule has 0 fully saturated rings. The fourth-order valence-corrected chi connectivity index (χ4v) is 2.94. The van der Waals surface area contributed by atoms with Crippen LogP contribution in [0.15, 0.2) is 33.9 Å². The minimum Gasteiger partial charge on any atom is -0.368 e. The summed E-state index contributed by atoms with van der Waals surface area (Å²) in [7, 11) is 0. The number of amides is 2. The van der Waals surface area contributed by atoms with Crippen LogP contribution in [0.4, 0.5) is 0 Å². The van der Waals surface area contributed by atoms with Gasteiger partial charge >= 0.3 is 5.69 Å². The number of carbonyl (C=O) groups excluding carboxylic acids is 2. The molecule has 0 unspecified atom stereocenters. The Bertz CT molecular complexity index is 1170. The number of hydrogen-bond donors (Lipinski definition) is 2. The van der Waals surface area contributed by atoms with Crippen LogP contribution in [-0.2, 0) is 22.7 Å². The molecule has 2 heterocycles. The average molecular weight is 386 g/mol. The number of aryl methyl sites for hydroxylation is 1. The van der Waals surface area contributed by atoms with Crippen LogP contribution >= 0.6 is 0 Å². The molecule has 0 aliphatic carbocycles. The Morgan fingerprint density at radius 1 is 1.21 bits per heavy atom. The number of nitrogens with one attached hydrogen (secondary N) is 1. The molecule has 10 nitrogen and oxygen atoms in total. The van der Waals surface area contributed by atoms with E-state index in [4.69, 9.17) is 5.73 Å². The molecule has 1 aromatic carbocycles. The Morgan fingerprint density at radius 3 is 2.61 bits per heavy atom. The zero-order valence-electron chi connectivity index (χ0n) is 15.7. The molecule has 0 aliphatic rings. The zero-order valence-corrected chi connectivity index (χ0v) is 15.7. The molecule has 0 aliphatic heterocycles. The first-order valence-corrected chi connectivity index (χ1v) is 8.95. The highest BCUT2D eigenvalue weighted by Crippen LogP contribution is 2.11. The van der Waals surface area contributed by atoms with Gasteiger partial charge in [0.25, 0.3) is 5.56 Å². The summed E-state index contributed by atoms with van der Waals surface area (Å²) in [5.74, 6) is -0.559. The molecule has 3 aromatic rings. The lowest BCUT2D eigenvalue weighted by Gasteiger charge is -2.10. The fourth-order valence-electron chi connectivity index (χ4n) is 2.94. The highest BCUT2D eigenvalue weighted by Gasteiger charge is 2.18. The highest BCUT2D eigenvalue weighted by molar-refractivity contribution is 5.80. The predicted molar refractivity (Wildman–Crippen MR) is 103 cm³/mol. The Morgan fingerprint density at radius 2 is 1.93 bits per heavy atom. The second-order valence-electron chi connectivity index (χ2n) is 6.96. The largest absolute Gasteiger partial charge is 0.368 e. The van der Waals surface area contributed by atoms with E-state index in [1.807, 2.05) is 13.8 Å². The minimum atomic E-state index is -0.725. The molecule has 148 valence electrons. The van der Waals surface area contributed by atoms with Crippen molar-refractivity contribution in [2.45, 2.75) is 33.4 Å². The highest BCUT2D eigenvalue weighted by atomic mass is 16.2. The SMILES string of the molecule is CC(C)CNC(=O)CCn1c(=O)c2ccccc2n2c(=O)n(CC(N)=O)nc12. The van der Waals surface area contributed by atoms with Crippen LogP contribution in [-0.4, -0.2) is 37.1 Å². The minimum absolute atomic E-state index is 0.0458. The Kier molecular flexibility index (Phi) is 5.30. The van der Waals surface area contributed by atoms with Crippen LogP contribution in [0.5, 0.6) is 0 Å². The van der Waals surface area contributed by atoms with Gasteiger partial charge in [-0.15, -0.1) is 5.10 Å². The molecule has 0 atom stereocenters. The fraction of sp³-hybridized carbons (Fsp3) is 0.389. The van der Waals surface area contributed by atoms with Gasteiger partial charge in [0.1, 0.15) is 6.54 Å². The van der Waals surface area contributed by atoms with Crippen LogP contribution < -0.4 is 22.3 Å². The number of aromatic nitrogens is 4. The van der Waals surface area contributed by atoms with Crippen LogP contribution in [0, 0.1) is 5.92 Å². The Hall–Kier alpha value is -3.43. The van der Waals surface area contributed by atoms with Crippen LogP contribution in [0.1, 0.15) is 20.3 Å². The smallest absolute Gasteiger partial charge is 0.352 e. The van der Waals surface area contributed by atoms with E-state index in [1.165, 1.54) is 8.97 Å². The molecule has 3 N–H and O–H groups in total. The van der Waals surface area contributed by atoms with Gasteiger partial charge in [0.15, 0.2) is 0 Å². The molecule has 3 rings (SSSR count). The number of nitrogens with zero attached hydrogens (tertiary/aromatic N) is 4. The number of rotatable bonds is 7. The van der Waals surface area contributed by atoms with Gasteiger partial charge in [-0.05, 0) is 18.1 Å². The van der Waals surface area contributed by atoms with E-state index in [1.54, 1.807) is 24.3 Å². The second-order valence-corrected chi connectivity index (χ2v) is 6.96. The molecule has 2 amide bonds. The molecule has 28 heavy (non-hydrogen) atoms. The van der Waals surface area contributed by atoms with Crippen molar-refractivity contribution in [1.29, 1.82) is 0 Å². The molecular weight excluding hydrogens is 364 g/mol. The van der Waals surface area contributed by atoms with E-state index in [0.29, 0.717) is 23.4 Å². The third kappa shape index (κ3) is 3.66. The summed E-state index contributed by atoms with van der Waals surface area (Å²) in [6.45, 7) is 4.14. The van der Waals surface area contributed by atoms with Crippen molar-refractivity contribution in [3.63, 3.8) is 0 Å². The van der Waals surface area contributed by atoms with Gasteiger partial charge in [-0.2, -0.15) is 0 Å². The maximum Gasteiger partial charge on any atom is 0.352 e. The molecular formula is C18H22N6O4. The number of nitrogens with two attached hydrogens (primary N) is 1. The summed E-state index contributed by atoms with van der Waals surface area (Å²) in [5.41, 5.74) is 4.62. The quantitative estimate of drug-likeness (QED) is 0.562. The lowest BCUT2D eigenvalue weighted by atomic mass is 10.2. The zero-order chi connectivity index (χ0) is 20.4. The number of para-hydroxylation sites is 1. The maximum absolute atomic E-state index is 12.9. The molecule has 0 saturated carbocycles. The Balaban J connectivity index is 2.11. The second kappa shape index (κ2) is 7.67. The summed E-state index contributed by atoms with van der Waals surface area (Å²) < 4.78 is 3.45. The van der Waals surface area contributed by atoms with E-state index >= 15 is 0 Å². The topological polar surface area (TPSA) is 133 Å². The van der Waals surface area contributed by atoms with Crippen molar-refractivity contribution in [2.24, 2.45) is 11.7 Å². The number of hydrogen-bond acceptors (Lipinski definition) is 5. The number of benzene rings is 1. The van der Waals surface area contributed by atoms with Crippen molar-refractivity contribution < 1.29 is 9.59 Å². The monoisotopic (exact) mass is 386 g/mol. The molecule has 2 aromatic heterocycles. The van der Waals surface area contributed by atoms with E-state index < -0.39 is 18.1 Å². The van der Waals surface area contributed by atoms with Crippen LogP contribution in [0.2, 0.25) is 0 Å². The van der Waals surface area contributed by atoms with Gasteiger partial charge in [0.2, 0.25) is 17.6 Å². The normalized spacial score (nSPS) is 11.4. The Labute approximate surface area is 159 Å². The van der Waals surface area contributed by atoms with E-state index in [9.17, 15) is 19.2 Å². The summed E-state index contributed by atoms with van der Waals surface area (Å²) >= 11 is 0. The molecule has 0 bridgehead atoms. The third-order valence-corrected chi connectivity index (χ3v) is 4.26. The first-order valence-electron chi connectivity index (χ1n) is 8.95. The van der Waals surface area contributed by atoms with Gasteiger partial charge in [-0.3, -0.25) is 19.0 Å². The van der Waals surface area contributed by atoms with Crippen LogP contribution in [0.3, 0.4) is 0 Å². The molecule has 0 spiro atoms. The molecule has 0 radical (unpaired) electrons. The van der Waals surface area contributed by atoms with Crippen LogP contribution in [0.25, 0.3) is 16.7 Å². The van der Waals surface area contributed by atoms with Gasteiger partial charge in [-0.1, -0.05) is 26.0 Å². The summed E-state index contributed by atoms with van der Waals surface area (Å²) in [6, 6.07) is 6.61. The standard InChI is InChI=1S/C18H22N6O4/c1-11(2)9-20-15(26)7-8-22-16(27)12-5-3-4-6-13(12)24-17(22)21-23(18(24)28)10-14(19)25/h3-6,11H,7-10H2,1-2H3,(H2,19,25)(H,20,26). The molecule has 10 heteroatoms. The van der Waals surface area contributed by atoms with E-state index in [2.05, 4.69) is 10.4 Å². The summed E-state index contributed by atoms with van der Waals surface area (Å²) in [6.07, 6.45) is 0.0531. The third-order valence-electron chi connectivity index (χ3n) is 4.26. The predicted octanol–water partition coefficient (Wildman–Crippen LogP) is -0.541. The van der Waals surface area contributed by atoms with Crippen molar-refractivity contribution in [1.82, 2.24) is 24.1 Å². The average Bonchev–Trinajstić information content (AvgIpc) is 2.95. The van der Waals surface area contributed by atoms with Gasteiger partial charge in [0.05, 0.1) is 10.9 Å². The van der Waals surface area contributed by atoms with Crippen molar-refractivity contribution in [3.8, 4) is 0 Å². The lowest BCUT2D eigenvalue weighted by Crippen LogP contribution is -2.31. The molecule has 0 saturated heterocycles. The van der Waals surface area contributed by atoms with Gasteiger partial charge in [-0.25, -0.2) is 13.9 Å².